The van der Waals surface area contributed by atoms with E-state index in [-0.39, 0.29) is 11.8 Å². The number of benzene rings is 4. The van der Waals surface area contributed by atoms with Crippen LogP contribution >= 0.6 is 23.2 Å². The number of anilines is 2. The fraction of sp³-hybridized carbons (Fsp3) is 0.0625. The van der Waals surface area contributed by atoms with Gasteiger partial charge in [0.25, 0.3) is 0 Å². The van der Waals surface area contributed by atoms with Gasteiger partial charge in [-0.3, -0.25) is 9.59 Å². The summed E-state index contributed by atoms with van der Waals surface area (Å²) in [5.74, 6) is 0.364. The predicted octanol–water partition coefficient (Wildman–Crippen LogP) is 7.98. The first-order valence-corrected chi connectivity index (χ1v) is 13.0. The van der Waals surface area contributed by atoms with Crippen LogP contribution in [0.1, 0.15) is 11.1 Å². The van der Waals surface area contributed by atoms with Gasteiger partial charge >= 0.3 is 0 Å². The fourth-order valence-electron chi connectivity index (χ4n) is 3.86. The Kier molecular flexibility index (Phi) is 9.62. The molecule has 0 atom stereocenters. The third-order valence-electron chi connectivity index (χ3n) is 5.80. The molecule has 0 aromatic heterocycles. The summed E-state index contributed by atoms with van der Waals surface area (Å²) in [5, 5.41) is 6.86. The number of ether oxygens (including phenoxy) is 2. The molecular formula is C32H26Cl2N2O4. The molecule has 0 saturated heterocycles. The van der Waals surface area contributed by atoms with Crippen molar-refractivity contribution in [1.82, 2.24) is 0 Å². The Morgan fingerprint density at radius 3 is 1.43 bits per heavy atom. The summed E-state index contributed by atoms with van der Waals surface area (Å²) in [5.41, 5.74) is 4.35. The Morgan fingerprint density at radius 1 is 0.625 bits per heavy atom. The molecule has 0 aliphatic heterocycles. The molecule has 4 rings (SSSR count). The van der Waals surface area contributed by atoms with E-state index in [4.69, 9.17) is 32.7 Å². The SMILES string of the molecule is COc1cc(-c2ccc(NC(=O)/C=C/c3cccc(Cl)c3)c(OC)c2)ccc1NC(=O)/C=C/c1cccc(Cl)c1. The molecule has 40 heavy (non-hydrogen) atoms. The van der Waals surface area contributed by atoms with Crippen molar-refractivity contribution in [2.45, 2.75) is 0 Å². The van der Waals surface area contributed by atoms with Gasteiger partial charge in [-0.2, -0.15) is 0 Å². The lowest BCUT2D eigenvalue weighted by atomic mass is 10.0. The second kappa shape index (κ2) is 13.5. The molecule has 0 radical (unpaired) electrons. The molecule has 2 amide bonds. The van der Waals surface area contributed by atoms with E-state index in [2.05, 4.69) is 10.6 Å². The number of hydrogen-bond donors (Lipinski definition) is 2. The summed E-state index contributed by atoms with van der Waals surface area (Å²) in [6.07, 6.45) is 6.23. The summed E-state index contributed by atoms with van der Waals surface area (Å²) < 4.78 is 11.1. The highest BCUT2D eigenvalue weighted by atomic mass is 35.5. The average molecular weight is 573 g/mol. The summed E-state index contributed by atoms with van der Waals surface area (Å²) >= 11 is 12.0. The van der Waals surface area contributed by atoms with Gasteiger partial charge in [0.05, 0.1) is 25.6 Å². The average Bonchev–Trinajstić information content (AvgIpc) is 2.95. The maximum Gasteiger partial charge on any atom is 0.248 e. The summed E-state index contributed by atoms with van der Waals surface area (Å²) in [4.78, 5) is 25.0. The first kappa shape index (κ1) is 28.5. The van der Waals surface area contributed by atoms with Crippen LogP contribution in [0.25, 0.3) is 23.3 Å². The molecule has 0 bridgehead atoms. The third-order valence-corrected chi connectivity index (χ3v) is 6.27. The topological polar surface area (TPSA) is 76.7 Å². The number of nitrogens with one attached hydrogen (secondary N) is 2. The molecule has 2 N–H and O–H groups in total. The van der Waals surface area contributed by atoms with Crippen molar-refractivity contribution < 1.29 is 19.1 Å². The van der Waals surface area contributed by atoms with Crippen LogP contribution in [0.15, 0.2) is 97.1 Å². The number of amides is 2. The van der Waals surface area contributed by atoms with Gasteiger partial charge < -0.3 is 20.1 Å². The van der Waals surface area contributed by atoms with E-state index in [0.717, 1.165) is 22.3 Å². The molecule has 4 aromatic carbocycles. The molecule has 8 heteroatoms. The van der Waals surface area contributed by atoms with Crippen LogP contribution < -0.4 is 20.1 Å². The Labute approximate surface area is 242 Å². The summed E-state index contributed by atoms with van der Waals surface area (Å²) in [6.45, 7) is 0. The second-order valence-electron chi connectivity index (χ2n) is 8.59. The molecule has 0 aliphatic carbocycles. The van der Waals surface area contributed by atoms with Gasteiger partial charge in [-0.25, -0.2) is 0 Å². The van der Waals surface area contributed by atoms with E-state index in [1.807, 2.05) is 48.5 Å². The molecule has 0 spiro atoms. The predicted molar refractivity (Wildman–Crippen MR) is 163 cm³/mol. The minimum atomic E-state index is -0.308. The van der Waals surface area contributed by atoms with E-state index in [9.17, 15) is 9.59 Å². The lowest BCUT2D eigenvalue weighted by Crippen LogP contribution is -2.09. The Morgan fingerprint density at radius 2 is 1.05 bits per heavy atom. The minimum absolute atomic E-state index is 0.308. The monoisotopic (exact) mass is 572 g/mol. The Bertz CT molecular complexity index is 1480. The normalized spacial score (nSPS) is 11.0. The Balaban J connectivity index is 1.46. The zero-order valence-corrected chi connectivity index (χ0v) is 23.3. The minimum Gasteiger partial charge on any atom is -0.495 e. The molecular weight excluding hydrogens is 547 g/mol. The van der Waals surface area contributed by atoms with Crippen molar-refractivity contribution in [3.8, 4) is 22.6 Å². The molecule has 0 fully saturated rings. The lowest BCUT2D eigenvalue weighted by Gasteiger charge is -2.14. The highest BCUT2D eigenvalue weighted by Gasteiger charge is 2.12. The largest absolute Gasteiger partial charge is 0.495 e. The van der Waals surface area contributed by atoms with E-state index < -0.39 is 0 Å². The lowest BCUT2D eigenvalue weighted by molar-refractivity contribution is -0.112. The maximum absolute atomic E-state index is 12.5. The number of rotatable bonds is 9. The van der Waals surface area contributed by atoms with Gasteiger partial charge in [-0.15, -0.1) is 0 Å². The highest BCUT2D eigenvalue weighted by molar-refractivity contribution is 6.31. The van der Waals surface area contributed by atoms with Crippen LogP contribution in [0.4, 0.5) is 11.4 Å². The molecule has 0 saturated carbocycles. The van der Waals surface area contributed by atoms with Crippen molar-refractivity contribution >= 4 is 58.5 Å². The van der Waals surface area contributed by atoms with Crippen LogP contribution in [-0.2, 0) is 9.59 Å². The molecule has 202 valence electrons. The van der Waals surface area contributed by atoms with Gasteiger partial charge in [0.2, 0.25) is 11.8 Å². The molecule has 6 nitrogen and oxygen atoms in total. The van der Waals surface area contributed by atoms with Gasteiger partial charge in [0.15, 0.2) is 0 Å². The third kappa shape index (κ3) is 7.76. The highest BCUT2D eigenvalue weighted by Crippen LogP contribution is 2.35. The van der Waals surface area contributed by atoms with Crippen molar-refractivity contribution in [2.24, 2.45) is 0 Å². The molecule has 0 unspecified atom stereocenters. The smallest absolute Gasteiger partial charge is 0.248 e. The number of carbonyl (C=O) groups excluding carboxylic acids is 2. The number of halogens is 2. The van der Waals surface area contributed by atoms with Gasteiger partial charge in [0.1, 0.15) is 11.5 Å². The van der Waals surface area contributed by atoms with Crippen LogP contribution in [0.3, 0.4) is 0 Å². The molecule has 0 aliphatic rings. The summed E-state index contributed by atoms with van der Waals surface area (Å²) in [7, 11) is 3.07. The van der Waals surface area contributed by atoms with Crippen LogP contribution in [0, 0.1) is 0 Å². The number of hydrogen-bond acceptors (Lipinski definition) is 4. The van der Waals surface area contributed by atoms with Crippen molar-refractivity contribution in [2.75, 3.05) is 24.9 Å². The van der Waals surface area contributed by atoms with E-state index >= 15 is 0 Å². The fourth-order valence-corrected chi connectivity index (χ4v) is 4.26. The molecule has 4 aromatic rings. The molecule has 0 heterocycles. The van der Waals surface area contributed by atoms with Gasteiger partial charge in [-0.1, -0.05) is 59.6 Å². The number of methoxy groups -OCH3 is 2. The van der Waals surface area contributed by atoms with Crippen molar-refractivity contribution in [1.29, 1.82) is 0 Å². The quantitative estimate of drug-likeness (QED) is 0.199. The Hall–Kier alpha value is -4.52. The van der Waals surface area contributed by atoms with Crippen molar-refractivity contribution in [3.05, 3.63) is 118 Å². The van der Waals surface area contributed by atoms with Crippen LogP contribution in [0.2, 0.25) is 10.0 Å². The van der Waals surface area contributed by atoms with E-state index in [0.29, 0.717) is 32.9 Å². The number of carbonyl (C=O) groups is 2. The second-order valence-corrected chi connectivity index (χ2v) is 9.46. The first-order chi connectivity index (χ1) is 19.3. The van der Waals surface area contributed by atoms with E-state index in [1.165, 1.54) is 26.4 Å². The van der Waals surface area contributed by atoms with Crippen LogP contribution in [0.5, 0.6) is 11.5 Å². The van der Waals surface area contributed by atoms with Crippen molar-refractivity contribution in [3.63, 3.8) is 0 Å². The van der Waals surface area contributed by atoms with Gasteiger partial charge in [-0.05, 0) is 82.9 Å². The zero-order valence-electron chi connectivity index (χ0n) is 21.8. The maximum atomic E-state index is 12.5. The zero-order chi connectivity index (χ0) is 28.5. The first-order valence-electron chi connectivity index (χ1n) is 12.2. The summed E-state index contributed by atoms with van der Waals surface area (Å²) in [6, 6.07) is 25.3. The van der Waals surface area contributed by atoms with Gasteiger partial charge in [0, 0.05) is 22.2 Å². The standard InChI is InChI=1S/C32H26Cl2N2O4/c1-39-29-19-23(11-13-27(29)35-31(37)15-9-21-5-3-7-25(33)17-21)24-12-14-28(30(20-24)40-2)36-32(38)16-10-22-6-4-8-26(34)18-22/h3-20H,1-2H3,(H,35,37)(H,36,38)/b15-9+,16-10+. The van der Waals surface area contributed by atoms with E-state index in [1.54, 1.807) is 48.6 Å². The van der Waals surface area contributed by atoms with Crippen LogP contribution in [-0.4, -0.2) is 26.0 Å².